The van der Waals surface area contributed by atoms with E-state index in [0.29, 0.717) is 21.7 Å². The van der Waals surface area contributed by atoms with E-state index in [2.05, 4.69) is 15.1 Å². The highest BCUT2D eigenvalue weighted by atomic mass is 35.5. The lowest BCUT2D eigenvalue weighted by Gasteiger charge is -2.08. The normalized spacial score (nSPS) is 11.0. The van der Waals surface area contributed by atoms with E-state index in [1.165, 1.54) is 11.3 Å². The van der Waals surface area contributed by atoms with Crippen LogP contribution >= 0.6 is 22.9 Å². The van der Waals surface area contributed by atoms with Crippen molar-refractivity contribution in [3.63, 3.8) is 0 Å². The average Bonchev–Trinajstić information content (AvgIpc) is 2.98. The molecule has 26 heavy (non-hydrogen) atoms. The number of benzene rings is 2. The van der Waals surface area contributed by atoms with Crippen LogP contribution in [0.4, 0.5) is 0 Å². The standard InChI is InChI=1S/C17H11ClN4O3S/c1-9-6-11(22-16(24)21-15(23)8-19-22)3-5-13(9)25-17-20-12-4-2-10(18)7-14(12)26-17/h2-8H,1H3,(H,21,23,24). The Hall–Kier alpha value is -2.97. The van der Waals surface area contributed by atoms with Gasteiger partial charge >= 0.3 is 5.69 Å². The van der Waals surface area contributed by atoms with Gasteiger partial charge in [-0.25, -0.2) is 9.78 Å². The zero-order valence-electron chi connectivity index (χ0n) is 13.4. The molecule has 0 fully saturated rings. The number of aromatic amines is 1. The zero-order valence-corrected chi connectivity index (χ0v) is 15.0. The molecule has 9 heteroatoms. The number of aromatic nitrogens is 4. The van der Waals surface area contributed by atoms with E-state index in [-0.39, 0.29) is 0 Å². The first-order valence-electron chi connectivity index (χ1n) is 7.53. The summed E-state index contributed by atoms with van der Waals surface area (Å²) in [4.78, 5) is 29.6. The van der Waals surface area contributed by atoms with Crippen LogP contribution in [-0.2, 0) is 0 Å². The van der Waals surface area contributed by atoms with E-state index in [4.69, 9.17) is 16.3 Å². The van der Waals surface area contributed by atoms with Gasteiger partial charge < -0.3 is 4.74 Å². The Balaban J connectivity index is 1.67. The number of thiazole rings is 1. The number of halogens is 1. The van der Waals surface area contributed by atoms with Gasteiger partial charge in [-0.05, 0) is 48.9 Å². The number of H-pyrrole nitrogens is 1. The van der Waals surface area contributed by atoms with Crippen LogP contribution < -0.4 is 16.0 Å². The molecule has 0 aliphatic carbocycles. The summed E-state index contributed by atoms with van der Waals surface area (Å²) in [5.41, 5.74) is 0.979. The summed E-state index contributed by atoms with van der Waals surface area (Å²) >= 11 is 7.39. The highest BCUT2D eigenvalue weighted by Crippen LogP contribution is 2.34. The quantitative estimate of drug-likeness (QED) is 0.583. The molecular formula is C17H11ClN4O3S. The molecule has 2 aromatic carbocycles. The molecule has 4 aromatic rings. The molecule has 0 atom stereocenters. The molecule has 0 aliphatic heterocycles. The Labute approximate surface area is 155 Å². The van der Waals surface area contributed by atoms with Crippen molar-refractivity contribution >= 4 is 33.2 Å². The third-order valence-electron chi connectivity index (χ3n) is 3.64. The molecule has 2 heterocycles. The summed E-state index contributed by atoms with van der Waals surface area (Å²) in [7, 11) is 0. The number of nitrogens with one attached hydrogen (secondary N) is 1. The van der Waals surface area contributed by atoms with Gasteiger partial charge in [-0.3, -0.25) is 9.78 Å². The second kappa shape index (κ2) is 6.40. The lowest BCUT2D eigenvalue weighted by Crippen LogP contribution is -2.30. The molecular weight excluding hydrogens is 376 g/mol. The van der Waals surface area contributed by atoms with Crippen molar-refractivity contribution in [3.05, 3.63) is 74.0 Å². The maximum Gasteiger partial charge on any atom is 0.349 e. The van der Waals surface area contributed by atoms with E-state index >= 15 is 0 Å². The molecule has 0 unspecified atom stereocenters. The van der Waals surface area contributed by atoms with Crippen LogP contribution in [0.1, 0.15) is 5.56 Å². The minimum atomic E-state index is -0.603. The predicted molar refractivity (Wildman–Crippen MR) is 99.9 cm³/mol. The van der Waals surface area contributed by atoms with Gasteiger partial charge in [0.1, 0.15) is 11.9 Å². The smallest absolute Gasteiger partial charge is 0.349 e. The molecule has 0 aliphatic rings. The van der Waals surface area contributed by atoms with Gasteiger partial charge in [0, 0.05) is 5.02 Å². The predicted octanol–water partition coefficient (Wildman–Crippen LogP) is 3.28. The van der Waals surface area contributed by atoms with Crippen LogP contribution in [0, 0.1) is 6.92 Å². The summed E-state index contributed by atoms with van der Waals surface area (Å²) in [5.74, 6) is 0.608. The van der Waals surface area contributed by atoms with E-state index in [0.717, 1.165) is 26.7 Å². The largest absolute Gasteiger partial charge is 0.431 e. The Morgan fingerprint density at radius 1 is 1.19 bits per heavy atom. The average molecular weight is 387 g/mol. The first kappa shape index (κ1) is 16.5. The van der Waals surface area contributed by atoms with Gasteiger partial charge in [0.15, 0.2) is 0 Å². The highest BCUT2D eigenvalue weighted by Gasteiger charge is 2.10. The van der Waals surface area contributed by atoms with E-state index in [9.17, 15) is 9.59 Å². The van der Waals surface area contributed by atoms with E-state index < -0.39 is 11.2 Å². The summed E-state index contributed by atoms with van der Waals surface area (Å²) < 4.78 is 7.92. The number of hydrogen-bond donors (Lipinski definition) is 1. The number of rotatable bonds is 3. The maximum atomic E-state index is 11.8. The third kappa shape index (κ3) is 3.12. The van der Waals surface area contributed by atoms with Gasteiger partial charge in [-0.2, -0.15) is 9.78 Å². The van der Waals surface area contributed by atoms with Crippen LogP contribution in [0.15, 0.2) is 52.2 Å². The Morgan fingerprint density at radius 3 is 2.81 bits per heavy atom. The third-order valence-corrected chi connectivity index (χ3v) is 4.78. The molecule has 130 valence electrons. The van der Waals surface area contributed by atoms with Gasteiger partial charge in [0.05, 0.1) is 15.9 Å². The monoisotopic (exact) mass is 386 g/mol. The number of hydrogen-bond acceptors (Lipinski definition) is 6. The van der Waals surface area contributed by atoms with Gasteiger partial charge in [0.25, 0.3) is 10.8 Å². The van der Waals surface area contributed by atoms with Crippen molar-refractivity contribution in [2.45, 2.75) is 6.92 Å². The number of nitrogens with zero attached hydrogens (tertiary/aromatic N) is 3. The topological polar surface area (TPSA) is 89.9 Å². The van der Waals surface area contributed by atoms with Crippen molar-refractivity contribution in [2.24, 2.45) is 0 Å². The zero-order chi connectivity index (χ0) is 18.3. The Kier molecular flexibility index (Phi) is 4.06. The fourth-order valence-corrected chi connectivity index (χ4v) is 3.54. The van der Waals surface area contributed by atoms with Crippen LogP contribution in [0.5, 0.6) is 10.9 Å². The number of fused-ring (bicyclic) bond motifs is 1. The van der Waals surface area contributed by atoms with Crippen LogP contribution in [0.2, 0.25) is 5.02 Å². The molecule has 0 amide bonds. The molecule has 0 saturated carbocycles. The second-order valence-corrected chi connectivity index (χ2v) is 6.92. The molecule has 7 nitrogen and oxygen atoms in total. The van der Waals surface area contributed by atoms with Gasteiger partial charge in [-0.1, -0.05) is 22.9 Å². The van der Waals surface area contributed by atoms with Crippen molar-refractivity contribution in [1.82, 2.24) is 19.7 Å². The molecule has 4 rings (SSSR count). The van der Waals surface area contributed by atoms with Gasteiger partial charge in [-0.15, -0.1) is 0 Å². The van der Waals surface area contributed by atoms with E-state index in [1.54, 1.807) is 24.3 Å². The van der Waals surface area contributed by atoms with Crippen LogP contribution in [-0.4, -0.2) is 19.7 Å². The molecule has 1 N–H and O–H groups in total. The first-order chi connectivity index (χ1) is 12.5. The second-order valence-electron chi connectivity index (χ2n) is 5.49. The van der Waals surface area contributed by atoms with Crippen LogP contribution in [0.3, 0.4) is 0 Å². The minimum Gasteiger partial charge on any atom is -0.431 e. The molecule has 2 aromatic heterocycles. The fraction of sp³-hybridized carbons (Fsp3) is 0.0588. The van der Waals surface area contributed by atoms with Crippen molar-refractivity contribution < 1.29 is 4.74 Å². The first-order valence-corrected chi connectivity index (χ1v) is 8.73. The van der Waals surface area contributed by atoms with Crippen molar-refractivity contribution in [1.29, 1.82) is 0 Å². The lowest BCUT2D eigenvalue weighted by atomic mass is 10.2. The van der Waals surface area contributed by atoms with E-state index in [1.807, 2.05) is 19.1 Å². The summed E-state index contributed by atoms with van der Waals surface area (Å²) in [6.45, 7) is 1.85. The highest BCUT2D eigenvalue weighted by molar-refractivity contribution is 7.20. The maximum absolute atomic E-state index is 11.8. The summed E-state index contributed by atoms with van der Waals surface area (Å²) in [5, 5.41) is 4.98. The van der Waals surface area contributed by atoms with Crippen molar-refractivity contribution in [2.75, 3.05) is 0 Å². The molecule has 0 bridgehead atoms. The van der Waals surface area contributed by atoms with Gasteiger partial charge in [0.2, 0.25) is 0 Å². The number of ether oxygens (including phenoxy) is 1. The van der Waals surface area contributed by atoms with Crippen molar-refractivity contribution in [3.8, 4) is 16.6 Å². The summed E-state index contributed by atoms with van der Waals surface area (Å²) in [6.07, 6.45) is 1.05. The fourth-order valence-electron chi connectivity index (χ4n) is 2.43. The molecule has 0 saturated heterocycles. The Bertz CT molecular complexity index is 1240. The lowest BCUT2D eigenvalue weighted by molar-refractivity contribution is 0.476. The minimum absolute atomic E-state index is 0.498. The molecule has 0 spiro atoms. The summed E-state index contributed by atoms with van der Waals surface area (Å²) in [6, 6.07) is 10.6. The Morgan fingerprint density at radius 2 is 2.04 bits per heavy atom. The molecule has 0 radical (unpaired) electrons. The SMILES string of the molecule is Cc1cc(-n2ncc(=O)[nH]c2=O)ccc1Oc1nc2ccc(Cl)cc2s1. The number of aryl methyl sites for hydroxylation is 1. The van der Waals surface area contributed by atoms with Crippen LogP contribution in [0.25, 0.3) is 15.9 Å².